The molecule has 2 rings (SSSR count). The third-order valence-electron chi connectivity index (χ3n) is 2.90. The fourth-order valence-corrected chi connectivity index (χ4v) is 1.98. The summed E-state index contributed by atoms with van der Waals surface area (Å²) in [6.45, 7) is 2.56. The molecule has 0 aliphatic rings. The standard InChI is InChI=1S/C14H16N2O3/c1-4-16-10(8-9-15-16)14(17)13-11(18-2)6-5-7-12(13)19-3/h5-9H,4H2,1-3H3. The molecule has 2 aromatic rings. The molecule has 0 spiro atoms. The molecule has 5 nitrogen and oxygen atoms in total. The zero-order valence-electron chi connectivity index (χ0n) is 11.2. The molecule has 0 unspecified atom stereocenters. The Bertz CT molecular complexity index is 568. The summed E-state index contributed by atoms with van der Waals surface area (Å²) < 4.78 is 12.1. The maximum Gasteiger partial charge on any atom is 0.218 e. The van der Waals surface area contributed by atoms with E-state index in [2.05, 4.69) is 5.10 Å². The number of nitrogens with zero attached hydrogens (tertiary/aromatic N) is 2. The van der Waals surface area contributed by atoms with E-state index < -0.39 is 0 Å². The SMILES string of the molecule is CCn1nccc1C(=O)c1c(OC)cccc1OC. The predicted molar refractivity (Wildman–Crippen MR) is 70.9 cm³/mol. The van der Waals surface area contributed by atoms with Gasteiger partial charge in [-0.3, -0.25) is 9.48 Å². The van der Waals surface area contributed by atoms with E-state index in [0.717, 1.165) is 0 Å². The first-order valence-electron chi connectivity index (χ1n) is 6.00. The maximum absolute atomic E-state index is 12.6. The van der Waals surface area contributed by atoms with Gasteiger partial charge in [-0.05, 0) is 25.1 Å². The number of ketones is 1. The van der Waals surface area contributed by atoms with Crippen molar-refractivity contribution in [2.24, 2.45) is 0 Å². The van der Waals surface area contributed by atoms with Crippen LogP contribution in [0.1, 0.15) is 23.0 Å². The van der Waals surface area contributed by atoms with Crippen LogP contribution in [0.5, 0.6) is 11.5 Å². The Balaban J connectivity index is 2.55. The molecular weight excluding hydrogens is 244 g/mol. The van der Waals surface area contributed by atoms with Crippen LogP contribution in [0.3, 0.4) is 0 Å². The van der Waals surface area contributed by atoms with Crippen LogP contribution in [0.25, 0.3) is 0 Å². The van der Waals surface area contributed by atoms with Crippen molar-refractivity contribution in [1.82, 2.24) is 9.78 Å². The number of carbonyl (C=O) groups is 1. The third kappa shape index (κ3) is 2.31. The van der Waals surface area contributed by atoms with Crippen molar-refractivity contribution in [1.29, 1.82) is 0 Å². The summed E-state index contributed by atoms with van der Waals surface area (Å²) in [6, 6.07) is 6.95. The highest BCUT2D eigenvalue weighted by Gasteiger charge is 2.22. The summed E-state index contributed by atoms with van der Waals surface area (Å²) in [5, 5.41) is 4.11. The number of aromatic nitrogens is 2. The van der Waals surface area contributed by atoms with Gasteiger partial charge in [0.2, 0.25) is 5.78 Å². The minimum atomic E-state index is -0.159. The van der Waals surface area contributed by atoms with Gasteiger partial charge in [0, 0.05) is 12.7 Å². The zero-order valence-corrected chi connectivity index (χ0v) is 11.2. The van der Waals surface area contributed by atoms with E-state index in [-0.39, 0.29) is 5.78 Å². The molecule has 0 N–H and O–H groups in total. The fraction of sp³-hybridized carbons (Fsp3) is 0.286. The lowest BCUT2D eigenvalue weighted by Crippen LogP contribution is -2.12. The first-order chi connectivity index (χ1) is 9.22. The van der Waals surface area contributed by atoms with E-state index in [1.807, 2.05) is 6.92 Å². The highest BCUT2D eigenvalue weighted by Crippen LogP contribution is 2.30. The second-order valence-corrected chi connectivity index (χ2v) is 3.90. The molecular formula is C14H16N2O3. The van der Waals surface area contributed by atoms with E-state index >= 15 is 0 Å². The molecule has 0 radical (unpaired) electrons. The van der Waals surface area contributed by atoms with Crippen molar-refractivity contribution in [2.75, 3.05) is 14.2 Å². The Hall–Kier alpha value is -2.30. The van der Waals surface area contributed by atoms with E-state index in [9.17, 15) is 4.79 Å². The topological polar surface area (TPSA) is 53.4 Å². The van der Waals surface area contributed by atoms with Crippen LogP contribution < -0.4 is 9.47 Å². The van der Waals surface area contributed by atoms with Crippen molar-refractivity contribution < 1.29 is 14.3 Å². The summed E-state index contributed by atoms with van der Waals surface area (Å²) in [6.07, 6.45) is 1.61. The second-order valence-electron chi connectivity index (χ2n) is 3.90. The van der Waals surface area contributed by atoms with E-state index in [1.54, 1.807) is 35.1 Å². The number of hydrogen-bond acceptors (Lipinski definition) is 4. The highest BCUT2D eigenvalue weighted by molar-refractivity contribution is 6.11. The van der Waals surface area contributed by atoms with Gasteiger partial charge in [0.25, 0.3) is 0 Å². The molecule has 5 heteroatoms. The Kier molecular flexibility index (Phi) is 3.85. The van der Waals surface area contributed by atoms with Gasteiger partial charge in [-0.2, -0.15) is 5.10 Å². The smallest absolute Gasteiger partial charge is 0.218 e. The first kappa shape index (κ1) is 13.1. The van der Waals surface area contributed by atoms with Crippen LogP contribution in [0.15, 0.2) is 30.5 Å². The average molecular weight is 260 g/mol. The van der Waals surface area contributed by atoms with Crippen LogP contribution in [0, 0.1) is 0 Å². The van der Waals surface area contributed by atoms with Crippen LogP contribution in [-0.2, 0) is 6.54 Å². The van der Waals surface area contributed by atoms with Gasteiger partial charge in [-0.1, -0.05) is 6.07 Å². The molecule has 0 amide bonds. The molecule has 0 bridgehead atoms. The molecule has 0 aliphatic heterocycles. The Morgan fingerprint density at radius 2 is 1.84 bits per heavy atom. The van der Waals surface area contributed by atoms with Crippen molar-refractivity contribution >= 4 is 5.78 Å². The molecule has 19 heavy (non-hydrogen) atoms. The number of ether oxygens (including phenoxy) is 2. The molecule has 0 saturated heterocycles. The van der Waals surface area contributed by atoms with Gasteiger partial charge in [-0.15, -0.1) is 0 Å². The normalized spacial score (nSPS) is 10.3. The summed E-state index contributed by atoms with van der Waals surface area (Å²) in [5.41, 5.74) is 0.938. The summed E-state index contributed by atoms with van der Waals surface area (Å²) >= 11 is 0. The monoisotopic (exact) mass is 260 g/mol. The average Bonchev–Trinajstić information content (AvgIpc) is 2.93. The van der Waals surface area contributed by atoms with Gasteiger partial charge >= 0.3 is 0 Å². The van der Waals surface area contributed by atoms with Crippen molar-refractivity contribution in [3.63, 3.8) is 0 Å². The highest BCUT2D eigenvalue weighted by atomic mass is 16.5. The van der Waals surface area contributed by atoms with Crippen LogP contribution in [0.4, 0.5) is 0 Å². The van der Waals surface area contributed by atoms with Gasteiger partial charge in [0.1, 0.15) is 22.8 Å². The lowest BCUT2D eigenvalue weighted by molar-refractivity contribution is 0.102. The van der Waals surface area contributed by atoms with E-state index in [4.69, 9.17) is 9.47 Å². The van der Waals surface area contributed by atoms with Gasteiger partial charge in [0.15, 0.2) is 0 Å². The molecule has 1 heterocycles. The molecule has 100 valence electrons. The Morgan fingerprint density at radius 1 is 1.21 bits per heavy atom. The summed E-state index contributed by atoms with van der Waals surface area (Å²) in [4.78, 5) is 12.6. The molecule has 0 fully saturated rings. The maximum atomic E-state index is 12.6. The fourth-order valence-electron chi connectivity index (χ4n) is 1.98. The quantitative estimate of drug-likeness (QED) is 0.773. The summed E-state index contributed by atoms with van der Waals surface area (Å²) in [7, 11) is 3.06. The predicted octanol–water partition coefficient (Wildman–Crippen LogP) is 2.15. The molecule has 1 aromatic heterocycles. The van der Waals surface area contributed by atoms with Crippen LogP contribution in [-0.4, -0.2) is 29.8 Å². The Labute approximate surface area is 111 Å². The Morgan fingerprint density at radius 3 is 2.37 bits per heavy atom. The third-order valence-corrected chi connectivity index (χ3v) is 2.90. The van der Waals surface area contributed by atoms with Crippen molar-refractivity contribution in [3.05, 3.63) is 41.7 Å². The van der Waals surface area contributed by atoms with E-state index in [0.29, 0.717) is 29.3 Å². The number of methoxy groups -OCH3 is 2. The lowest BCUT2D eigenvalue weighted by Gasteiger charge is -2.12. The molecule has 0 atom stereocenters. The largest absolute Gasteiger partial charge is 0.496 e. The second kappa shape index (κ2) is 5.56. The number of hydrogen-bond donors (Lipinski definition) is 0. The van der Waals surface area contributed by atoms with Crippen molar-refractivity contribution in [2.45, 2.75) is 13.5 Å². The minimum absolute atomic E-state index is 0.159. The first-order valence-corrected chi connectivity index (χ1v) is 6.00. The molecule has 1 aromatic carbocycles. The van der Waals surface area contributed by atoms with Gasteiger partial charge in [0.05, 0.1) is 14.2 Å². The number of benzene rings is 1. The van der Waals surface area contributed by atoms with Gasteiger partial charge < -0.3 is 9.47 Å². The summed E-state index contributed by atoms with van der Waals surface area (Å²) in [5.74, 6) is 0.829. The minimum Gasteiger partial charge on any atom is -0.496 e. The lowest BCUT2D eigenvalue weighted by atomic mass is 10.1. The number of aryl methyl sites for hydroxylation is 1. The van der Waals surface area contributed by atoms with Gasteiger partial charge in [-0.25, -0.2) is 0 Å². The molecule has 0 saturated carbocycles. The van der Waals surface area contributed by atoms with Crippen LogP contribution in [0.2, 0.25) is 0 Å². The number of rotatable bonds is 5. The molecule has 0 aliphatic carbocycles. The van der Waals surface area contributed by atoms with Crippen molar-refractivity contribution in [3.8, 4) is 11.5 Å². The zero-order chi connectivity index (χ0) is 13.8. The number of carbonyl (C=O) groups excluding carboxylic acids is 1. The van der Waals surface area contributed by atoms with E-state index in [1.165, 1.54) is 14.2 Å². The van der Waals surface area contributed by atoms with Crippen LogP contribution >= 0.6 is 0 Å².